The molecule has 76 valence electrons. The lowest BCUT2D eigenvalue weighted by molar-refractivity contribution is 0.141. The van der Waals surface area contributed by atoms with Gasteiger partial charge >= 0.3 is 0 Å². The van der Waals surface area contributed by atoms with Crippen molar-refractivity contribution in [3.63, 3.8) is 0 Å². The molecule has 14 heavy (non-hydrogen) atoms. The van der Waals surface area contributed by atoms with Crippen molar-refractivity contribution in [3.8, 4) is 0 Å². The van der Waals surface area contributed by atoms with Gasteiger partial charge in [0.2, 0.25) is 0 Å². The molecule has 0 saturated heterocycles. The zero-order valence-electron chi connectivity index (χ0n) is 8.00. The molecule has 2 N–H and O–H groups in total. The van der Waals surface area contributed by atoms with E-state index in [9.17, 15) is 0 Å². The van der Waals surface area contributed by atoms with Crippen molar-refractivity contribution in [2.24, 2.45) is 5.90 Å². The highest BCUT2D eigenvalue weighted by Crippen LogP contribution is 2.43. The topological polar surface area (TPSA) is 35.2 Å². The van der Waals surface area contributed by atoms with E-state index in [1.54, 1.807) is 0 Å². The van der Waals surface area contributed by atoms with E-state index in [1.807, 2.05) is 0 Å². The maximum Gasteiger partial charge on any atom is 0.0719 e. The highest BCUT2D eigenvalue weighted by Gasteiger charge is 2.25. The molecule has 1 aromatic carbocycles. The molecule has 1 fully saturated rings. The minimum absolute atomic E-state index is 0.579. The summed E-state index contributed by atoms with van der Waals surface area (Å²) in [6, 6.07) is 6.55. The summed E-state index contributed by atoms with van der Waals surface area (Å²) in [5.74, 6) is 5.79. The molecule has 0 heterocycles. The Morgan fingerprint density at radius 3 is 2.79 bits per heavy atom. The second-order valence-electron chi connectivity index (χ2n) is 3.75. The lowest BCUT2D eigenvalue weighted by Gasteiger charge is -2.05. The number of rotatable bonds is 4. The van der Waals surface area contributed by atoms with Crippen LogP contribution in [0, 0.1) is 0 Å². The van der Waals surface area contributed by atoms with E-state index in [1.165, 1.54) is 28.4 Å². The van der Waals surface area contributed by atoms with Crippen LogP contribution in [-0.4, -0.2) is 6.61 Å². The smallest absolute Gasteiger partial charge is 0.0719 e. The van der Waals surface area contributed by atoms with Gasteiger partial charge in [-0.2, -0.15) is 0 Å². The lowest BCUT2D eigenvalue weighted by atomic mass is 10.1. The fourth-order valence-corrected chi connectivity index (χ4v) is 2.38. The van der Waals surface area contributed by atoms with Gasteiger partial charge in [-0.3, -0.25) is 0 Å². The van der Waals surface area contributed by atoms with E-state index in [4.69, 9.17) is 5.90 Å². The first-order valence-electron chi connectivity index (χ1n) is 4.91. The molecule has 3 heteroatoms. The van der Waals surface area contributed by atoms with E-state index in [0.717, 1.165) is 12.3 Å². The van der Waals surface area contributed by atoms with Crippen LogP contribution in [0.2, 0.25) is 0 Å². The largest absolute Gasteiger partial charge is 0.304 e. The van der Waals surface area contributed by atoms with Gasteiger partial charge in [-0.15, -0.1) is 0 Å². The molecule has 0 bridgehead atoms. The fraction of sp³-hybridized carbons (Fsp3) is 0.455. The zero-order chi connectivity index (χ0) is 9.97. The van der Waals surface area contributed by atoms with Crippen molar-refractivity contribution in [1.82, 2.24) is 0 Å². The van der Waals surface area contributed by atoms with Gasteiger partial charge < -0.3 is 4.84 Å². The van der Waals surface area contributed by atoms with Crippen LogP contribution in [0.15, 0.2) is 22.7 Å². The second-order valence-corrected chi connectivity index (χ2v) is 4.61. The van der Waals surface area contributed by atoms with Crippen LogP contribution in [0.25, 0.3) is 0 Å². The fourth-order valence-electron chi connectivity index (χ4n) is 1.63. The molecule has 0 aromatic heterocycles. The Labute approximate surface area is 92.5 Å². The third-order valence-electron chi connectivity index (χ3n) is 2.59. The van der Waals surface area contributed by atoms with Gasteiger partial charge in [-0.25, -0.2) is 5.90 Å². The van der Waals surface area contributed by atoms with Gasteiger partial charge in [-0.1, -0.05) is 28.1 Å². The second kappa shape index (κ2) is 4.43. The third-order valence-corrected chi connectivity index (χ3v) is 3.28. The number of halogens is 1. The van der Waals surface area contributed by atoms with Crippen LogP contribution in [0.4, 0.5) is 0 Å². The molecule has 2 nitrogen and oxygen atoms in total. The van der Waals surface area contributed by atoms with Gasteiger partial charge in [0, 0.05) is 4.47 Å². The molecule has 1 aromatic rings. The number of nitrogens with two attached hydrogens (primary N) is 1. The summed E-state index contributed by atoms with van der Waals surface area (Å²) >= 11 is 3.61. The van der Waals surface area contributed by atoms with Crippen molar-refractivity contribution >= 4 is 15.9 Å². The van der Waals surface area contributed by atoms with E-state index in [0.29, 0.717) is 6.61 Å². The van der Waals surface area contributed by atoms with Crippen LogP contribution >= 0.6 is 15.9 Å². The summed E-state index contributed by atoms with van der Waals surface area (Å²) < 4.78 is 1.23. The van der Waals surface area contributed by atoms with Gasteiger partial charge in [0.1, 0.15) is 0 Å². The predicted octanol–water partition coefficient (Wildman–Crippen LogP) is 2.76. The van der Waals surface area contributed by atoms with E-state index in [-0.39, 0.29) is 0 Å². The van der Waals surface area contributed by atoms with Crippen molar-refractivity contribution in [3.05, 3.63) is 33.8 Å². The molecule has 2 rings (SSSR count). The van der Waals surface area contributed by atoms with Crippen LogP contribution in [0.5, 0.6) is 0 Å². The molecule has 0 amide bonds. The molecule has 0 atom stereocenters. The Balaban J connectivity index is 2.09. The van der Waals surface area contributed by atoms with Crippen molar-refractivity contribution in [2.75, 3.05) is 6.61 Å². The molecule has 0 radical (unpaired) electrons. The monoisotopic (exact) mass is 255 g/mol. The maximum absolute atomic E-state index is 4.99. The summed E-state index contributed by atoms with van der Waals surface area (Å²) in [4.78, 5) is 4.56. The molecule has 1 aliphatic carbocycles. The van der Waals surface area contributed by atoms with Crippen LogP contribution in [0.3, 0.4) is 0 Å². The quantitative estimate of drug-likeness (QED) is 0.840. The first kappa shape index (κ1) is 10.1. The lowest BCUT2D eigenvalue weighted by Crippen LogP contribution is -2.03. The van der Waals surface area contributed by atoms with Crippen LogP contribution < -0.4 is 5.90 Å². The predicted molar refractivity (Wildman–Crippen MR) is 60.0 cm³/mol. The molecule has 1 saturated carbocycles. The minimum atomic E-state index is 0.579. The number of benzene rings is 1. The molecule has 0 aliphatic heterocycles. The standard InChI is InChI=1S/C11H14BrNO/c12-11-7-8(5-6-14-13)1-4-10(11)9-2-3-9/h1,4,7,9H,2-3,5-6,13H2. The van der Waals surface area contributed by atoms with Gasteiger partial charge in [0.15, 0.2) is 0 Å². The highest BCUT2D eigenvalue weighted by molar-refractivity contribution is 9.10. The Bertz CT molecular complexity index is 323. The molecular formula is C11H14BrNO. The first-order valence-corrected chi connectivity index (χ1v) is 5.70. The summed E-state index contributed by atoms with van der Waals surface area (Å²) in [7, 11) is 0. The number of hydrogen-bond donors (Lipinski definition) is 1. The SMILES string of the molecule is NOCCc1ccc(C2CC2)c(Br)c1. The normalized spacial score (nSPS) is 15.9. The average molecular weight is 256 g/mol. The Morgan fingerprint density at radius 2 is 2.21 bits per heavy atom. The van der Waals surface area contributed by atoms with Crippen molar-refractivity contribution in [2.45, 2.75) is 25.2 Å². The highest BCUT2D eigenvalue weighted by atomic mass is 79.9. The van der Waals surface area contributed by atoms with Crippen molar-refractivity contribution in [1.29, 1.82) is 0 Å². The first-order chi connectivity index (χ1) is 6.81. The average Bonchev–Trinajstić information content (AvgIpc) is 2.98. The van der Waals surface area contributed by atoms with Gasteiger partial charge in [-0.05, 0) is 42.4 Å². The van der Waals surface area contributed by atoms with Crippen LogP contribution in [0.1, 0.15) is 29.9 Å². The summed E-state index contributed by atoms with van der Waals surface area (Å²) in [6.07, 6.45) is 3.55. The van der Waals surface area contributed by atoms with E-state index < -0.39 is 0 Å². The number of hydrogen-bond acceptors (Lipinski definition) is 2. The summed E-state index contributed by atoms with van der Waals surface area (Å²) in [6.45, 7) is 0.579. The zero-order valence-corrected chi connectivity index (χ0v) is 9.59. The van der Waals surface area contributed by atoms with Crippen molar-refractivity contribution < 1.29 is 4.84 Å². The molecule has 0 unspecified atom stereocenters. The Kier molecular flexibility index (Phi) is 3.21. The van der Waals surface area contributed by atoms with E-state index >= 15 is 0 Å². The Hall–Kier alpha value is -0.380. The molecule has 1 aliphatic rings. The molecular weight excluding hydrogens is 242 g/mol. The summed E-state index contributed by atoms with van der Waals surface area (Å²) in [5.41, 5.74) is 2.72. The minimum Gasteiger partial charge on any atom is -0.304 e. The van der Waals surface area contributed by atoms with Gasteiger partial charge in [0.05, 0.1) is 6.61 Å². The molecule has 0 spiro atoms. The Morgan fingerprint density at radius 1 is 1.43 bits per heavy atom. The van der Waals surface area contributed by atoms with E-state index in [2.05, 4.69) is 39.0 Å². The maximum atomic E-state index is 4.99. The van der Waals surface area contributed by atoms with Crippen LogP contribution in [-0.2, 0) is 11.3 Å². The van der Waals surface area contributed by atoms with Gasteiger partial charge in [0.25, 0.3) is 0 Å². The summed E-state index contributed by atoms with van der Waals surface area (Å²) in [5, 5.41) is 0. The third kappa shape index (κ3) is 2.35.